The van der Waals surface area contributed by atoms with Gasteiger partial charge in [0.2, 0.25) is 0 Å². The Balaban J connectivity index is 1.56. The summed E-state index contributed by atoms with van der Waals surface area (Å²) in [6, 6.07) is 3.47. The maximum Gasteiger partial charge on any atom is 0.267 e. The number of hydrogen-bond acceptors (Lipinski definition) is 8. The second-order valence-corrected chi connectivity index (χ2v) is 13.1. The number of nitrogens with zero attached hydrogens (tertiary/aromatic N) is 3. The van der Waals surface area contributed by atoms with Crippen molar-refractivity contribution in [3.63, 3.8) is 0 Å². The molecule has 1 amide bonds. The van der Waals surface area contributed by atoms with Crippen LogP contribution in [0.4, 0.5) is 5.82 Å². The number of anilines is 1. The van der Waals surface area contributed by atoms with Gasteiger partial charge in [-0.1, -0.05) is 49.3 Å². The van der Waals surface area contributed by atoms with E-state index in [1.165, 1.54) is 15.7 Å². The average Bonchev–Trinajstić information content (AvgIpc) is 3.29. The molecule has 5 rings (SSSR count). The molecule has 34 heavy (non-hydrogen) atoms. The molecule has 3 fully saturated rings. The van der Waals surface area contributed by atoms with Gasteiger partial charge in [-0.05, 0) is 43.9 Å². The number of aryl methyl sites for hydroxylation is 1. The van der Waals surface area contributed by atoms with E-state index in [0.29, 0.717) is 32.7 Å². The van der Waals surface area contributed by atoms with Crippen LogP contribution in [-0.4, -0.2) is 56.5 Å². The molecule has 0 bridgehead atoms. The number of nitrogens with one attached hydrogen (secondary N) is 1. The van der Waals surface area contributed by atoms with Crippen molar-refractivity contribution in [2.45, 2.75) is 57.5 Å². The van der Waals surface area contributed by atoms with Crippen molar-refractivity contribution in [1.29, 1.82) is 0 Å². The molecule has 11 heteroatoms. The number of pyridine rings is 1. The number of thioether (sulfide) groups is 1. The van der Waals surface area contributed by atoms with Gasteiger partial charge in [-0.25, -0.2) is 13.4 Å². The Bertz CT molecular complexity index is 1380. The highest BCUT2D eigenvalue weighted by atomic mass is 32.2. The van der Waals surface area contributed by atoms with Crippen molar-refractivity contribution >= 4 is 61.6 Å². The monoisotopic (exact) mass is 518 g/mol. The average molecular weight is 519 g/mol. The molecule has 4 heterocycles. The molecule has 0 aromatic carbocycles. The molecule has 0 radical (unpaired) electrons. The van der Waals surface area contributed by atoms with Gasteiger partial charge in [0.25, 0.3) is 11.5 Å². The van der Waals surface area contributed by atoms with Gasteiger partial charge >= 0.3 is 0 Å². The fraction of sp³-hybridized carbons (Fsp3) is 0.478. The van der Waals surface area contributed by atoms with Crippen LogP contribution in [0.2, 0.25) is 0 Å². The normalized spacial score (nSPS) is 24.4. The highest BCUT2D eigenvalue weighted by Gasteiger charge is 2.42. The maximum absolute atomic E-state index is 13.5. The van der Waals surface area contributed by atoms with Gasteiger partial charge in [0.05, 0.1) is 28.0 Å². The van der Waals surface area contributed by atoms with Crippen LogP contribution >= 0.6 is 24.0 Å². The summed E-state index contributed by atoms with van der Waals surface area (Å²) >= 11 is 6.54. The van der Waals surface area contributed by atoms with Gasteiger partial charge in [0.1, 0.15) is 15.8 Å². The highest BCUT2D eigenvalue weighted by molar-refractivity contribution is 8.26. The largest absolute Gasteiger partial charge is 0.367 e. The van der Waals surface area contributed by atoms with E-state index >= 15 is 0 Å². The van der Waals surface area contributed by atoms with Crippen molar-refractivity contribution in [2.24, 2.45) is 0 Å². The van der Waals surface area contributed by atoms with Crippen LogP contribution in [0.3, 0.4) is 0 Å². The number of thiocarbonyl (C=S) groups is 1. The first-order chi connectivity index (χ1) is 16.2. The SMILES string of the molecule is Cc1cccn2c(=O)c(/C=C3/SC(=S)N(C4CCS(=O)(=O)C4)C3=O)c(NC3CCCCC3)nc12. The van der Waals surface area contributed by atoms with Crippen LogP contribution in [0.1, 0.15) is 49.7 Å². The molecule has 2 saturated heterocycles. The van der Waals surface area contributed by atoms with Gasteiger partial charge in [0.15, 0.2) is 9.84 Å². The van der Waals surface area contributed by atoms with Crippen molar-refractivity contribution in [1.82, 2.24) is 14.3 Å². The predicted octanol–water partition coefficient (Wildman–Crippen LogP) is 3.14. The molecule has 3 aliphatic rings. The topological polar surface area (TPSA) is 101 Å². The molecule has 1 atom stereocenters. The zero-order valence-electron chi connectivity index (χ0n) is 18.8. The quantitative estimate of drug-likeness (QED) is 0.487. The van der Waals surface area contributed by atoms with Crippen LogP contribution in [0, 0.1) is 6.92 Å². The summed E-state index contributed by atoms with van der Waals surface area (Å²) in [6.45, 7) is 1.91. The number of hydrogen-bond donors (Lipinski definition) is 1. The van der Waals surface area contributed by atoms with Crippen LogP contribution in [0.15, 0.2) is 28.0 Å². The zero-order valence-corrected chi connectivity index (χ0v) is 21.3. The van der Waals surface area contributed by atoms with Crippen LogP contribution in [0.25, 0.3) is 11.7 Å². The molecular weight excluding hydrogens is 492 g/mol. The van der Waals surface area contributed by atoms with Gasteiger partial charge in [0, 0.05) is 12.2 Å². The summed E-state index contributed by atoms with van der Waals surface area (Å²) in [6.07, 6.45) is 9.08. The molecule has 1 saturated carbocycles. The van der Waals surface area contributed by atoms with Crippen molar-refractivity contribution in [3.05, 3.63) is 44.7 Å². The van der Waals surface area contributed by atoms with Crippen molar-refractivity contribution < 1.29 is 13.2 Å². The minimum atomic E-state index is -3.17. The summed E-state index contributed by atoms with van der Waals surface area (Å²) in [5, 5.41) is 3.47. The molecule has 2 aromatic rings. The number of carbonyl (C=O) groups is 1. The molecule has 2 aromatic heterocycles. The molecule has 8 nitrogen and oxygen atoms in total. The van der Waals surface area contributed by atoms with Crippen molar-refractivity contribution in [2.75, 3.05) is 16.8 Å². The summed E-state index contributed by atoms with van der Waals surface area (Å²) < 4.78 is 25.7. The number of sulfone groups is 1. The Morgan fingerprint density at radius 1 is 1.21 bits per heavy atom. The van der Waals surface area contributed by atoms with Crippen LogP contribution in [-0.2, 0) is 14.6 Å². The lowest BCUT2D eigenvalue weighted by atomic mass is 9.95. The third-order valence-corrected chi connectivity index (χ3v) is 9.78. The van der Waals surface area contributed by atoms with E-state index in [9.17, 15) is 18.0 Å². The third kappa shape index (κ3) is 4.40. The van der Waals surface area contributed by atoms with E-state index in [1.807, 2.05) is 13.0 Å². The van der Waals surface area contributed by atoms with E-state index in [1.54, 1.807) is 18.3 Å². The lowest BCUT2D eigenvalue weighted by Crippen LogP contribution is -2.39. The van der Waals surface area contributed by atoms with E-state index in [4.69, 9.17) is 17.2 Å². The minimum Gasteiger partial charge on any atom is -0.367 e. The van der Waals surface area contributed by atoms with Crippen molar-refractivity contribution in [3.8, 4) is 0 Å². The molecule has 1 unspecified atom stereocenters. The molecule has 2 aliphatic heterocycles. The fourth-order valence-electron chi connectivity index (χ4n) is 4.90. The highest BCUT2D eigenvalue weighted by Crippen LogP contribution is 2.37. The smallest absolute Gasteiger partial charge is 0.267 e. The van der Waals surface area contributed by atoms with E-state index in [0.717, 1.165) is 43.0 Å². The standard InChI is InChI=1S/C23H26N4O4S3/c1-14-6-5-10-26-20(14)25-19(24-15-7-3-2-4-8-15)17(21(26)28)12-18-22(29)27(23(32)33-18)16-9-11-34(30,31)13-16/h5-6,10,12,15-16,24H,2-4,7-9,11,13H2,1H3/b18-12+. The van der Waals surface area contributed by atoms with E-state index in [2.05, 4.69) is 5.32 Å². The summed E-state index contributed by atoms with van der Waals surface area (Å²) in [5.74, 6) is 0.0912. The number of aromatic nitrogens is 2. The Hall–Kier alpha value is -2.24. The fourth-order valence-corrected chi connectivity index (χ4v) is 7.98. The maximum atomic E-state index is 13.5. The minimum absolute atomic E-state index is 0.0541. The number of rotatable bonds is 4. The summed E-state index contributed by atoms with van der Waals surface area (Å²) in [5.41, 5.74) is 1.51. The van der Waals surface area contributed by atoms with Crippen LogP contribution in [0.5, 0.6) is 0 Å². The molecule has 0 spiro atoms. The molecular formula is C23H26N4O4S3. The van der Waals surface area contributed by atoms with E-state index < -0.39 is 15.9 Å². The number of amides is 1. The summed E-state index contributed by atoms with van der Waals surface area (Å²) in [4.78, 5) is 33.3. The first-order valence-electron chi connectivity index (χ1n) is 11.5. The second-order valence-electron chi connectivity index (χ2n) is 9.15. The second kappa shape index (κ2) is 9.09. The van der Waals surface area contributed by atoms with Gasteiger partial charge in [-0.15, -0.1) is 0 Å². The van der Waals surface area contributed by atoms with Gasteiger partial charge in [-0.2, -0.15) is 0 Å². The molecule has 180 valence electrons. The van der Waals surface area contributed by atoms with Crippen LogP contribution < -0.4 is 10.9 Å². The molecule has 1 aliphatic carbocycles. The Morgan fingerprint density at radius 3 is 2.68 bits per heavy atom. The number of carbonyl (C=O) groups excluding carboxylic acids is 1. The predicted molar refractivity (Wildman–Crippen MR) is 139 cm³/mol. The lowest BCUT2D eigenvalue weighted by molar-refractivity contribution is -0.123. The number of fused-ring (bicyclic) bond motifs is 1. The Labute approximate surface area is 207 Å². The Morgan fingerprint density at radius 2 is 1.97 bits per heavy atom. The Kier molecular flexibility index (Phi) is 6.28. The lowest BCUT2D eigenvalue weighted by Gasteiger charge is -2.24. The summed E-state index contributed by atoms with van der Waals surface area (Å²) in [7, 11) is -3.17. The van der Waals surface area contributed by atoms with Gasteiger partial charge in [-0.3, -0.25) is 18.9 Å². The first-order valence-corrected chi connectivity index (χ1v) is 14.5. The van der Waals surface area contributed by atoms with E-state index in [-0.39, 0.29) is 29.0 Å². The molecule has 1 N–H and O–H groups in total. The zero-order chi connectivity index (χ0) is 24.0. The third-order valence-electron chi connectivity index (χ3n) is 6.70. The van der Waals surface area contributed by atoms with Gasteiger partial charge < -0.3 is 5.32 Å². The first kappa shape index (κ1) is 23.5.